The molecule has 1 aromatic heterocycles. The number of rotatable bonds is 14. The number of hydrogen-bond acceptors (Lipinski definition) is 8. The summed E-state index contributed by atoms with van der Waals surface area (Å²) in [5.41, 5.74) is 2.61. The van der Waals surface area contributed by atoms with Gasteiger partial charge in [0.05, 0.1) is 18.8 Å². The van der Waals surface area contributed by atoms with Crippen LogP contribution in [0.25, 0.3) is 0 Å². The Hall–Kier alpha value is -4.10. The van der Waals surface area contributed by atoms with Crippen molar-refractivity contribution in [2.75, 3.05) is 19.9 Å². The number of tetrazole rings is 1. The van der Waals surface area contributed by atoms with E-state index < -0.39 is 35.3 Å². The Kier molecular flexibility index (Phi) is 10.4. The molecule has 4 aromatic rings. The van der Waals surface area contributed by atoms with Gasteiger partial charge in [-0.1, -0.05) is 61.5 Å². The van der Waals surface area contributed by atoms with Gasteiger partial charge >= 0.3 is 0 Å². The lowest BCUT2D eigenvalue weighted by atomic mass is 9.94. The maximum Gasteiger partial charge on any atom is 0.243 e. The highest BCUT2D eigenvalue weighted by Crippen LogP contribution is 2.31. The molecule has 1 fully saturated rings. The van der Waals surface area contributed by atoms with Crippen molar-refractivity contribution >= 4 is 5.91 Å². The number of halogens is 2. The highest BCUT2D eigenvalue weighted by Gasteiger charge is 2.43. The zero-order valence-electron chi connectivity index (χ0n) is 24.5. The molecule has 12 heteroatoms. The lowest BCUT2D eigenvalue weighted by Gasteiger charge is -2.25. The topological polar surface area (TPSA) is 123 Å². The number of aromatic nitrogens is 4. The van der Waals surface area contributed by atoms with Crippen molar-refractivity contribution in [3.8, 4) is 0 Å². The molecule has 5 rings (SSSR count). The number of nitrogens with zero attached hydrogens (tertiary/aromatic N) is 4. The van der Waals surface area contributed by atoms with Crippen LogP contribution in [0.5, 0.6) is 0 Å². The third-order valence-corrected chi connectivity index (χ3v) is 7.50. The number of carbonyl (C=O) groups is 1. The van der Waals surface area contributed by atoms with Gasteiger partial charge in [0.1, 0.15) is 25.0 Å². The van der Waals surface area contributed by atoms with Gasteiger partial charge in [0.15, 0.2) is 5.60 Å². The zero-order chi connectivity index (χ0) is 30.9. The number of hydrogen-bond donors (Lipinski definition) is 3. The van der Waals surface area contributed by atoms with Crippen molar-refractivity contribution in [1.82, 2.24) is 30.8 Å². The third kappa shape index (κ3) is 8.29. The molecule has 1 amide bonds. The SMILES string of the molecule is CCc1cccc(CNCC(O)C(Cc2cc(F)cc(F)c2)NC(=O)Cn2nnc(C3(Cc4ccccc4)COCO3)n2)c1. The molecule has 0 bridgehead atoms. The van der Waals surface area contributed by atoms with Crippen LogP contribution in [0.15, 0.2) is 72.8 Å². The van der Waals surface area contributed by atoms with E-state index in [2.05, 4.69) is 39.0 Å². The molecule has 3 N–H and O–H groups in total. The number of carbonyl (C=O) groups excluding carboxylic acids is 1. The summed E-state index contributed by atoms with van der Waals surface area (Å²) < 4.78 is 39.3. The molecule has 1 saturated heterocycles. The summed E-state index contributed by atoms with van der Waals surface area (Å²) in [6.45, 7) is 2.72. The van der Waals surface area contributed by atoms with Crippen molar-refractivity contribution in [2.24, 2.45) is 0 Å². The average molecular weight is 607 g/mol. The highest BCUT2D eigenvalue weighted by molar-refractivity contribution is 5.76. The van der Waals surface area contributed by atoms with Gasteiger partial charge < -0.3 is 25.2 Å². The Morgan fingerprint density at radius 3 is 2.50 bits per heavy atom. The van der Waals surface area contributed by atoms with Crippen molar-refractivity contribution in [3.63, 3.8) is 0 Å². The molecule has 1 aliphatic rings. The second kappa shape index (κ2) is 14.6. The van der Waals surface area contributed by atoms with Gasteiger partial charge in [0, 0.05) is 25.6 Å². The van der Waals surface area contributed by atoms with Crippen molar-refractivity contribution < 1.29 is 28.2 Å². The molecule has 0 aliphatic carbocycles. The summed E-state index contributed by atoms with van der Waals surface area (Å²) >= 11 is 0. The summed E-state index contributed by atoms with van der Waals surface area (Å²) in [6.07, 6.45) is 0.291. The van der Waals surface area contributed by atoms with Crippen LogP contribution in [-0.2, 0) is 52.2 Å². The van der Waals surface area contributed by atoms with E-state index in [4.69, 9.17) is 9.47 Å². The molecule has 232 valence electrons. The van der Waals surface area contributed by atoms with Crippen LogP contribution in [0.3, 0.4) is 0 Å². The van der Waals surface area contributed by atoms with Gasteiger partial charge in [-0.05, 0) is 52.4 Å². The number of ether oxygens (including phenoxy) is 2. The molecule has 3 unspecified atom stereocenters. The molecular formula is C32H36F2N6O4. The van der Waals surface area contributed by atoms with E-state index in [-0.39, 0.29) is 38.7 Å². The molecule has 1 aliphatic heterocycles. The van der Waals surface area contributed by atoms with Crippen molar-refractivity contribution in [3.05, 3.63) is 113 Å². The van der Waals surface area contributed by atoms with E-state index in [1.807, 2.05) is 48.5 Å². The van der Waals surface area contributed by atoms with Gasteiger partial charge in [-0.3, -0.25) is 4.79 Å². The van der Waals surface area contributed by atoms with Crippen LogP contribution in [0.4, 0.5) is 8.78 Å². The smallest absolute Gasteiger partial charge is 0.243 e. The van der Waals surface area contributed by atoms with Crippen LogP contribution in [-0.4, -0.2) is 63.3 Å². The number of amides is 1. The minimum Gasteiger partial charge on any atom is -0.390 e. The summed E-state index contributed by atoms with van der Waals surface area (Å²) in [5.74, 6) is -1.70. The van der Waals surface area contributed by atoms with Gasteiger partial charge in [-0.25, -0.2) is 8.78 Å². The van der Waals surface area contributed by atoms with E-state index in [0.717, 1.165) is 28.4 Å². The first-order valence-corrected chi connectivity index (χ1v) is 14.6. The van der Waals surface area contributed by atoms with Crippen LogP contribution < -0.4 is 10.6 Å². The molecule has 0 radical (unpaired) electrons. The fourth-order valence-electron chi connectivity index (χ4n) is 5.24. The molecule has 10 nitrogen and oxygen atoms in total. The first-order valence-electron chi connectivity index (χ1n) is 14.6. The number of aliphatic hydroxyl groups is 1. The normalized spacial score (nSPS) is 17.8. The second-order valence-corrected chi connectivity index (χ2v) is 10.9. The molecule has 2 heterocycles. The van der Waals surface area contributed by atoms with Gasteiger partial charge in [-0.15, -0.1) is 10.2 Å². The summed E-state index contributed by atoms with van der Waals surface area (Å²) in [5, 5.41) is 29.7. The van der Waals surface area contributed by atoms with Crippen LogP contribution in [0.2, 0.25) is 0 Å². The fraction of sp³-hybridized carbons (Fsp3) is 0.375. The third-order valence-electron chi connectivity index (χ3n) is 7.50. The molecule has 3 aromatic carbocycles. The summed E-state index contributed by atoms with van der Waals surface area (Å²) in [7, 11) is 0. The van der Waals surface area contributed by atoms with Gasteiger partial charge in [0.2, 0.25) is 11.7 Å². The quantitative estimate of drug-likeness (QED) is 0.200. The first kappa shape index (κ1) is 31.3. The fourth-order valence-corrected chi connectivity index (χ4v) is 5.24. The Morgan fingerprint density at radius 1 is 1.02 bits per heavy atom. The number of nitrogens with one attached hydrogen (secondary N) is 2. The Bertz CT molecular complexity index is 1510. The summed E-state index contributed by atoms with van der Waals surface area (Å²) in [6, 6.07) is 20.1. The molecule has 0 spiro atoms. The van der Waals surface area contributed by atoms with E-state index in [1.165, 1.54) is 17.7 Å². The molecule has 0 saturated carbocycles. The predicted molar refractivity (Wildman–Crippen MR) is 157 cm³/mol. The maximum absolute atomic E-state index is 13.9. The zero-order valence-corrected chi connectivity index (χ0v) is 24.5. The average Bonchev–Trinajstić information content (AvgIpc) is 3.67. The van der Waals surface area contributed by atoms with Crippen molar-refractivity contribution in [1.29, 1.82) is 0 Å². The van der Waals surface area contributed by atoms with Gasteiger partial charge in [0.25, 0.3) is 0 Å². The molecule has 44 heavy (non-hydrogen) atoms. The van der Waals surface area contributed by atoms with Gasteiger partial charge in [-0.2, -0.15) is 4.80 Å². The van der Waals surface area contributed by atoms with E-state index in [1.54, 1.807) is 0 Å². The Labute approximate surface area is 254 Å². The Morgan fingerprint density at radius 2 is 1.77 bits per heavy atom. The molecular weight excluding hydrogens is 570 g/mol. The number of aryl methyl sites for hydroxylation is 1. The highest BCUT2D eigenvalue weighted by atomic mass is 19.1. The second-order valence-electron chi connectivity index (χ2n) is 10.9. The maximum atomic E-state index is 13.9. The van der Waals surface area contributed by atoms with Crippen LogP contribution >= 0.6 is 0 Å². The monoisotopic (exact) mass is 606 g/mol. The minimum atomic E-state index is -1.07. The lowest BCUT2D eigenvalue weighted by Crippen LogP contribution is -2.49. The summed E-state index contributed by atoms with van der Waals surface area (Å²) in [4.78, 5) is 14.3. The van der Waals surface area contributed by atoms with E-state index in [0.29, 0.717) is 18.5 Å². The lowest BCUT2D eigenvalue weighted by molar-refractivity contribution is -0.123. The van der Waals surface area contributed by atoms with E-state index >= 15 is 0 Å². The van der Waals surface area contributed by atoms with E-state index in [9.17, 15) is 18.7 Å². The number of benzene rings is 3. The van der Waals surface area contributed by atoms with Crippen molar-refractivity contribution in [2.45, 2.75) is 57.0 Å². The Balaban J connectivity index is 1.25. The van der Waals surface area contributed by atoms with Crippen LogP contribution in [0.1, 0.15) is 35.0 Å². The molecule has 3 atom stereocenters. The standard InChI is InChI=1S/C32H36F2N6O4/c1-2-22-9-6-10-24(11-22)17-35-18-29(41)28(14-25-12-26(33)15-27(34)13-25)36-30(42)19-40-38-31(37-39-40)32(20-43-21-44-32)16-23-7-4-3-5-8-23/h3-13,15,28-29,35,41H,2,14,16-21H2,1H3,(H,36,42). The first-order chi connectivity index (χ1) is 21.3. The minimum absolute atomic E-state index is 0.00398. The number of aliphatic hydroxyl groups excluding tert-OH is 1. The largest absolute Gasteiger partial charge is 0.390 e. The predicted octanol–water partition coefficient (Wildman–Crippen LogP) is 2.83. The van der Waals surface area contributed by atoms with Crippen LogP contribution in [0, 0.1) is 11.6 Å².